The van der Waals surface area contributed by atoms with E-state index >= 15 is 0 Å². The second-order valence-electron chi connectivity index (χ2n) is 4.11. The number of aryl methyl sites for hydroxylation is 2. The fourth-order valence-electron chi connectivity index (χ4n) is 2.02. The topological polar surface area (TPSA) is 25.2 Å². The Hall–Kier alpha value is -0.580. The number of likely N-dealkylation sites (N-methyl/N-ethyl adjacent to an activating group) is 1. The van der Waals surface area contributed by atoms with Gasteiger partial charge in [-0.15, -0.1) is 11.3 Å². The summed E-state index contributed by atoms with van der Waals surface area (Å²) >= 11 is 5.36. The van der Waals surface area contributed by atoms with Gasteiger partial charge in [0.2, 0.25) is 0 Å². The molecule has 4 heteroatoms. The lowest BCUT2D eigenvalue weighted by molar-refractivity contribution is 0.490. The van der Waals surface area contributed by atoms with Crippen LogP contribution in [0.15, 0.2) is 26.4 Å². The van der Waals surface area contributed by atoms with Crippen LogP contribution in [0.4, 0.5) is 0 Å². The lowest BCUT2D eigenvalue weighted by Gasteiger charge is -2.14. The lowest BCUT2D eigenvalue weighted by Crippen LogP contribution is -2.18. The number of rotatable bonds is 4. The third kappa shape index (κ3) is 2.81. The number of furan rings is 1. The minimum absolute atomic E-state index is 0.308. The fourth-order valence-corrected chi connectivity index (χ4v) is 3.58. The van der Waals surface area contributed by atoms with Crippen molar-refractivity contribution in [1.82, 2.24) is 5.32 Å². The van der Waals surface area contributed by atoms with Crippen molar-refractivity contribution in [3.8, 4) is 0 Å². The third-order valence-electron chi connectivity index (χ3n) is 2.88. The summed E-state index contributed by atoms with van der Waals surface area (Å²) in [5.41, 5.74) is 1.25. The maximum Gasteiger partial charge on any atom is 0.105 e. The lowest BCUT2D eigenvalue weighted by atomic mass is 10.0. The van der Waals surface area contributed by atoms with Gasteiger partial charge < -0.3 is 9.73 Å². The molecule has 0 fully saturated rings. The first-order valence-corrected chi connectivity index (χ1v) is 7.25. The SMILES string of the molecule is CNC(Cc1sccc1Br)c1cc(C)oc1C. The Morgan fingerprint density at radius 2 is 2.24 bits per heavy atom. The van der Waals surface area contributed by atoms with E-state index in [4.69, 9.17) is 4.42 Å². The van der Waals surface area contributed by atoms with E-state index in [0.29, 0.717) is 6.04 Å². The Morgan fingerprint density at radius 3 is 2.71 bits per heavy atom. The largest absolute Gasteiger partial charge is 0.466 e. The number of hydrogen-bond donors (Lipinski definition) is 1. The summed E-state index contributed by atoms with van der Waals surface area (Å²) < 4.78 is 6.79. The first-order chi connectivity index (χ1) is 8.11. The van der Waals surface area contributed by atoms with Gasteiger partial charge >= 0.3 is 0 Å². The molecule has 1 N–H and O–H groups in total. The predicted octanol–water partition coefficient (Wildman–Crippen LogP) is 4.22. The zero-order valence-electron chi connectivity index (χ0n) is 10.2. The van der Waals surface area contributed by atoms with Crippen molar-refractivity contribution in [2.45, 2.75) is 26.3 Å². The highest BCUT2D eigenvalue weighted by atomic mass is 79.9. The van der Waals surface area contributed by atoms with E-state index in [2.05, 4.69) is 38.8 Å². The number of nitrogens with one attached hydrogen (secondary N) is 1. The number of thiophene rings is 1. The normalized spacial score (nSPS) is 12.9. The van der Waals surface area contributed by atoms with Crippen LogP contribution in [0.2, 0.25) is 0 Å². The molecule has 2 aromatic heterocycles. The van der Waals surface area contributed by atoms with Gasteiger partial charge in [0, 0.05) is 27.4 Å². The second-order valence-corrected chi connectivity index (χ2v) is 5.96. The standard InChI is InChI=1S/C13H16BrNOS/c1-8-6-10(9(2)16-8)12(15-3)7-13-11(14)4-5-17-13/h4-6,12,15H,7H2,1-3H3. The second kappa shape index (κ2) is 5.38. The minimum atomic E-state index is 0.308. The smallest absolute Gasteiger partial charge is 0.105 e. The Balaban J connectivity index is 2.23. The van der Waals surface area contributed by atoms with Crippen LogP contribution in [0.1, 0.15) is 28.0 Å². The van der Waals surface area contributed by atoms with Crippen LogP contribution in [-0.2, 0) is 6.42 Å². The molecule has 0 saturated carbocycles. The van der Waals surface area contributed by atoms with E-state index in [1.54, 1.807) is 11.3 Å². The highest BCUT2D eigenvalue weighted by Crippen LogP contribution is 2.30. The van der Waals surface area contributed by atoms with Crippen molar-refractivity contribution in [3.05, 3.63) is 43.9 Å². The number of halogens is 1. The maximum absolute atomic E-state index is 5.60. The maximum atomic E-state index is 5.60. The van der Waals surface area contributed by atoms with Crippen LogP contribution in [0.5, 0.6) is 0 Å². The average Bonchev–Trinajstić information content (AvgIpc) is 2.82. The molecule has 0 amide bonds. The van der Waals surface area contributed by atoms with E-state index < -0.39 is 0 Å². The van der Waals surface area contributed by atoms with Crippen LogP contribution in [0.3, 0.4) is 0 Å². The average molecular weight is 314 g/mol. The highest BCUT2D eigenvalue weighted by molar-refractivity contribution is 9.10. The van der Waals surface area contributed by atoms with Crippen molar-refractivity contribution < 1.29 is 4.42 Å². The summed E-state index contributed by atoms with van der Waals surface area (Å²) in [6.45, 7) is 4.01. The molecule has 0 radical (unpaired) electrons. The van der Waals surface area contributed by atoms with Crippen molar-refractivity contribution in [1.29, 1.82) is 0 Å². The van der Waals surface area contributed by atoms with Crippen LogP contribution in [-0.4, -0.2) is 7.05 Å². The van der Waals surface area contributed by atoms with Gasteiger partial charge in [-0.05, 0) is 54.3 Å². The third-order valence-corrected chi connectivity index (χ3v) is 4.83. The molecule has 2 aromatic rings. The molecule has 0 aliphatic heterocycles. The summed E-state index contributed by atoms with van der Waals surface area (Å²) in [6.07, 6.45) is 0.981. The van der Waals surface area contributed by atoms with Gasteiger partial charge in [0.25, 0.3) is 0 Å². The van der Waals surface area contributed by atoms with Crippen LogP contribution in [0.25, 0.3) is 0 Å². The van der Waals surface area contributed by atoms with Gasteiger partial charge in [0.05, 0.1) is 0 Å². The molecule has 92 valence electrons. The molecule has 0 bridgehead atoms. The van der Waals surface area contributed by atoms with E-state index in [9.17, 15) is 0 Å². The number of hydrogen-bond acceptors (Lipinski definition) is 3. The van der Waals surface area contributed by atoms with Crippen LogP contribution in [0, 0.1) is 13.8 Å². The van der Waals surface area contributed by atoms with E-state index in [-0.39, 0.29) is 0 Å². The molecule has 2 rings (SSSR count). The predicted molar refractivity (Wildman–Crippen MR) is 75.7 cm³/mol. The Labute approximate surface area is 114 Å². The first-order valence-electron chi connectivity index (χ1n) is 5.58. The quantitative estimate of drug-likeness (QED) is 0.914. The Bertz CT molecular complexity index is 503. The molecule has 0 aliphatic rings. The molecule has 17 heavy (non-hydrogen) atoms. The van der Waals surface area contributed by atoms with Gasteiger partial charge in [0.15, 0.2) is 0 Å². The summed E-state index contributed by atoms with van der Waals surface area (Å²) in [5.74, 6) is 1.98. The van der Waals surface area contributed by atoms with Crippen molar-refractivity contribution in [2.24, 2.45) is 0 Å². The molecular formula is C13H16BrNOS. The van der Waals surface area contributed by atoms with Gasteiger partial charge in [0.1, 0.15) is 11.5 Å². The molecule has 2 heterocycles. The van der Waals surface area contributed by atoms with E-state index in [1.165, 1.54) is 14.9 Å². The van der Waals surface area contributed by atoms with E-state index in [0.717, 1.165) is 17.9 Å². The monoisotopic (exact) mass is 313 g/mol. The minimum Gasteiger partial charge on any atom is -0.466 e. The van der Waals surface area contributed by atoms with Gasteiger partial charge in [-0.3, -0.25) is 0 Å². The Morgan fingerprint density at radius 1 is 1.47 bits per heavy atom. The summed E-state index contributed by atoms with van der Waals surface area (Å²) in [5, 5.41) is 5.47. The van der Waals surface area contributed by atoms with Crippen LogP contribution >= 0.6 is 27.3 Å². The van der Waals surface area contributed by atoms with Crippen molar-refractivity contribution in [2.75, 3.05) is 7.05 Å². The first kappa shape index (κ1) is 12.9. The fraction of sp³-hybridized carbons (Fsp3) is 0.385. The van der Waals surface area contributed by atoms with E-state index in [1.807, 2.05) is 20.9 Å². The Kier molecular flexibility index (Phi) is 4.07. The summed E-state index contributed by atoms with van der Waals surface area (Å²) in [7, 11) is 1.99. The molecule has 0 saturated heterocycles. The highest BCUT2D eigenvalue weighted by Gasteiger charge is 2.17. The molecule has 2 nitrogen and oxygen atoms in total. The van der Waals surface area contributed by atoms with Gasteiger partial charge in [-0.2, -0.15) is 0 Å². The summed E-state index contributed by atoms with van der Waals surface area (Å²) in [4.78, 5) is 1.36. The summed E-state index contributed by atoms with van der Waals surface area (Å²) in [6, 6.07) is 4.53. The molecule has 0 aliphatic carbocycles. The molecular weight excluding hydrogens is 298 g/mol. The molecule has 1 atom stereocenters. The zero-order valence-corrected chi connectivity index (χ0v) is 12.6. The molecule has 0 spiro atoms. The molecule has 0 aromatic carbocycles. The van der Waals surface area contributed by atoms with Gasteiger partial charge in [-0.25, -0.2) is 0 Å². The van der Waals surface area contributed by atoms with Gasteiger partial charge in [-0.1, -0.05) is 0 Å². The zero-order chi connectivity index (χ0) is 12.4. The van der Waals surface area contributed by atoms with Crippen molar-refractivity contribution >= 4 is 27.3 Å². The van der Waals surface area contributed by atoms with Crippen LogP contribution < -0.4 is 5.32 Å². The molecule has 1 unspecified atom stereocenters. The van der Waals surface area contributed by atoms with Crippen molar-refractivity contribution in [3.63, 3.8) is 0 Å².